The molecule has 116 valence electrons. The van der Waals surface area contributed by atoms with Crippen LogP contribution in [0.5, 0.6) is 5.75 Å². The van der Waals surface area contributed by atoms with E-state index in [-0.39, 0.29) is 0 Å². The van der Waals surface area contributed by atoms with Crippen LogP contribution in [0.3, 0.4) is 0 Å². The summed E-state index contributed by atoms with van der Waals surface area (Å²) >= 11 is 0. The van der Waals surface area contributed by atoms with Crippen LogP contribution in [0.4, 0.5) is 0 Å². The van der Waals surface area contributed by atoms with Crippen molar-refractivity contribution in [2.45, 2.75) is 38.9 Å². The Kier molecular flexibility index (Phi) is 3.49. The van der Waals surface area contributed by atoms with E-state index < -0.39 is 18.3 Å². The fraction of sp³-hybridized carbons (Fsp3) is 0.467. The molecular formula is C15H20BN3O3. The van der Waals surface area contributed by atoms with Crippen LogP contribution in [-0.4, -0.2) is 40.4 Å². The number of ether oxygens (including phenoxy) is 1. The summed E-state index contributed by atoms with van der Waals surface area (Å²) < 4.78 is 17.3. The molecule has 0 aliphatic carbocycles. The molecule has 3 rings (SSSR count). The second-order valence-corrected chi connectivity index (χ2v) is 6.32. The highest BCUT2D eigenvalue weighted by Crippen LogP contribution is 2.36. The zero-order chi connectivity index (χ0) is 16.0. The number of methoxy groups -OCH3 is 1. The lowest BCUT2D eigenvalue weighted by atomic mass is 9.86. The SMILES string of the molecule is COc1ccccc1-n1ncc(B2OC(C)(C)C(C)(C)O2)n1. The third-order valence-electron chi connectivity index (χ3n) is 4.30. The predicted octanol–water partition coefficient (Wildman–Crippen LogP) is 1.58. The molecule has 1 aromatic carbocycles. The minimum absolute atomic E-state index is 0.397. The summed E-state index contributed by atoms with van der Waals surface area (Å²) in [5.74, 6) is 0.707. The van der Waals surface area contributed by atoms with E-state index >= 15 is 0 Å². The van der Waals surface area contributed by atoms with Crippen LogP contribution >= 0.6 is 0 Å². The summed E-state index contributed by atoms with van der Waals surface area (Å²) in [6, 6.07) is 7.58. The van der Waals surface area contributed by atoms with E-state index in [0.717, 1.165) is 5.69 Å². The average molecular weight is 301 g/mol. The monoisotopic (exact) mass is 301 g/mol. The molecule has 0 saturated carbocycles. The molecule has 0 radical (unpaired) electrons. The molecule has 7 heteroatoms. The van der Waals surface area contributed by atoms with Gasteiger partial charge in [0.15, 0.2) is 0 Å². The Morgan fingerprint density at radius 1 is 1.09 bits per heavy atom. The van der Waals surface area contributed by atoms with Gasteiger partial charge in [-0.2, -0.15) is 10.2 Å². The summed E-state index contributed by atoms with van der Waals surface area (Å²) in [6.07, 6.45) is 1.66. The molecule has 0 spiro atoms. The van der Waals surface area contributed by atoms with E-state index in [4.69, 9.17) is 14.0 Å². The molecule has 0 amide bonds. The molecule has 0 unspecified atom stereocenters. The first kappa shape index (κ1) is 15.1. The topological polar surface area (TPSA) is 58.4 Å². The van der Waals surface area contributed by atoms with Crippen molar-refractivity contribution < 1.29 is 14.0 Å². The lowest BCUT2D eigenvalue weighted by molar-refractivity contribution is 0.00578. The minimum atomic E-state index is -0.520. The van der Waals surface area contributed by atoms with Crippen LogP contribution in [0.15, 0.2) is 30.5 Å². The van der Waals surface area contributed by atoms with Crippen LogP contribution in [0.25, 0.3) is 5.69 Å². The fourth-order valence-electron chi connectivity index (χ4n) is 2.26. The number of benzene rings is 1. The molecule has 1 aromatic heterocycles. The number of rotatable bonds is 3. The van der Waals surface area contributed by atoms with Crippen molar-refractivity contribution in [2.75, 3.05) is 7.11 Å². The molecule has 2 aromatic rings. The van der Waals surface area contributed by atoms with E-state index in [1.807, 2.05) is 52.0 Å². The minimum Gasteiger partial charge on any atom is -0.494 e. The summed E-state index contributed by atoms with van der Waals surface area (Å²) in [5.41, 5.74) is 0.620. The molecule has 2 heterocycles. The van der Waals surface area contributed by atoms with Crippen molar-refractivity contribution in [3.63, 3.8) is 0 Å². The first-order valence-electron chi connectivity index (χ1n) is 7.25. The Morgan fingerprint density at radius 3 is 2.36 bits per heavy atom. The summed E-state index contributed by atoms with van der Waals surface area (Å²) in [7, 11) is 1.10. The summed E-state index contributed by atoms with van der Waals surface area (Å²) in [6.45, 7) is 8.05. The molecule has 0 atom stereocenters. The van der Waals surface area contributed by atoms with Crippen LogP contribution in [-0.2, 0) is 9.31 Å². The molecule has 1 saturated heterocycles. The van der Waals surface area contributed by atoms with Crippen LogP contribution in [0.2, 0.25) is 0 Å². The van der Waals surface area contributed by atoms with Gasteiger partial charge in [-0.05, 0) is 39.8 Å². The first-order chi connectivity index (χ1) is 10.3. The van der Waals surface area contributed by atoms with Gasteiger partial charge >= 0.3 is 7.12 Å². The van der Waals surface area contributed by atoms with Gasteiger partial charge < -0.3 is 14.0 Å². The molecule has 1 aliphatic heterocycles. The molecule has 0 N–H and O–H groups in total. The number of hydrogen-bond acceptors (Lipinski definition) is 5. The number of nitrogens with zero attached hydrogens (tertiary/aromatic N) is 3. The molecule has 0 bridgehead atoms. The van der Waals surface area contributed by atoms with Gasteiger partial charge in [-0.3, -0.25) is 0 Å². The van der Waals surface area contributed by atoms with Crippen molar-refractivity contribution in [2.24, 2.45) is 0 Å². The number of para-hydroxylation sites is 2. The maximum Gasteiger partial charge on any atom is 0.518 e. The standard InChI is InChI=1S/C15H20BN3O3/c1-14(2)15(3,4)22-16(21-14)13-10-17-19(18-13)11-8-6-7-9-12(11)20-5/h6-10H,1-5H3. The maximum atomic E-state index is 5.99. The van der Waals surface area contributed by atoms with Gasteiger partial charge in [0.05, 0.1) is 24.5 Å². The average Bonchev–Trinajstić information content (AvgIpc) is 3.02. The smallest absolute Gasteiger partial charge is 0.494 e. The van der Waals surface area contributed by atoms with E-state index in [2.05, 4.69) is 10.2 Å². The lowest BCUT2D eigenvalue weighted by Crippen LogP contribution is -2.41. The third-order valence-corrected chi connectivity index (χ3v) is 4.30. The van der Waals surface area contributed by atoms with Crippen molar-refractivity contribution in [1.82, 2.24) is 15.0 Å². The van der Waals surface area contributed by atoms with E-state index in [9.17, 15) is 0 Å². The fourth-order valence-corrected chi connectivity index (χ4v) is 2.26. The zero-order valence-electron chi connectivity index (χ0n) is 13.5. The molecule has 22 heavy (non-hydrogen) atoms. The summed E-state index contributed by atoms with van der Waals surface area (Å²) in [4.78, 5) is 1.53. The van der Waals surface area contributed by atoms with Crippen LogP contribution in [0.1, 0.15) is 27.7 Å². The normalized spacial score (nSPS) is 19.4. The molecular weight excluding hydrogens is 281 g/mol. The first-order valence-corrected chi connectivity index (χ1v) is 7.25. The molecule has 6 nitrogen and oxygen atoms in total. The maximum absolute atomic E-state index is 5.99. The highest BCUT2D eigenvalue weighted by molar-refractivity contribution is 6.61. The highest BCUT2D eigenvalue weighted by atomic mass is 16.7. The van der Waals surface area contributed by atoms with Crippen molar-refractivity contribution in [3.05, 3.63) is 30.5 Å². The Bertz CT molecular complexity index is 668. The third kappa shape index (κ3) is 2.40. The molecule has 1 fully saturated rings. The van der Waals surface area contributed by atoms with Gasteiger partial charge in [-0.15, -0.1) is 4.80 Å². The van der Waals surface area contributed by atoms with Crippen molar-refractivity contribution in [3.8, 4) is 11.4 Å². The Labute approximate surface area is 130 Å². The van der Waals surface area contributed by atoms with Gasteiger partial charge in [0.2, 0.25) is 0 Å². The van der Waals surface area contributed by atoms with Crippen molar-refractivity contribution in [1.29, 1.82) is 0 Å². The van der Waals surface area contributed by atoms with E-state index in [0.29, 0.717) is 11.3 Å². The van der Waals surface area contributed by atoms with Gasteiger partial charge in [0, 0.05) is 0 Å². The largest absolute Gasteiger partial charge is 0.518 e. The Balaban J connectivity index is 1.89. The second kappa shape index (κ2) is 5.10. The summed E-state index contributed by atoms with van der Waals surface area (Å²) in [5, 5.41) is 8.78. The zero-order valence-corrected chi connectivity index (χ0v) is 13.5. The van der Waals surface area contributed by atoms with Crippen molar-refractivity contribution >= 4 is 12.7 Å². The van der Waals surface area contributed by atoms with Gasteiger partial charge in [0.25, 0.3) is 0 Å². The van der Waals surface area contributed by atoms with E-state index in [1.54, 1.807) is 13.3 Å². The molecule has 1 aliphatic rings. The number of hydrogen-bond donors (Lipinski definition) is 0. The van der Waals surface area contributed by atoms with E-state index in [1.165, 1.54) is 4.80 Å². The van der Waals surface area contributed by atoms with Crippen LogP contribution in [0, 0.1) is 0 Å². The Hall–Kier alpha value is -1.86. The van der Waals surface area contributed by atoms with Crippen LogP contribution < -0.4 is 10.3 Å². The Morgan fingerprint density at radius 2 is 1.73 bits per heavy atom. The second-order valence-electron chi connectivity index (χ2n) is 6.32. The number of aromatic nitrogens is 3. The van der Waals surface area contributed by atoms with Gasteiger partial charge in [0.1, 0.15) is 17.0 Å². The predicted molar refractivity (Wildman–Crippen MR) is 83.6 cm³/mol. The highest BCUT2D eigenvalue weighted by Gasteiger charge is 2.52. The van der Waals surface area contributed by atoms with Gasteiger partial charge in [-0.25, -0.2) is 0 Å². The van der Waals surface area contributed by atoms with Gasteiger partial charge in [-0.1, -0.05) is 12.1 Å². The quantitative estimate of drug-likeness (QED) is 0.806. The lowest BCUT2D eigenvalue weighted by Gasteiger charge is -2.32.